The molecule has 1 saturated heterocycles. The van der Waals surface area contributed by atoms with Gasteiger partial charge in [-0.2, -0.15) is 0 Å². The summed E-state index contributed by atoms with van der Waals surface area (Å²) in [6.45, 7) is 0.646. The molecule has 23 heavy (non-hydrogen) atoms. The molecule has 2 rings (SSSR count). The number of carboxylic acid groups (broad SMARTS) is 1. The van der Waals surface area contributed by atoms with Gasteiger partial charge in [0.25, 0.3) is 5.91 Å². The Labute approximate surface area is 134 Å². The number of carbonyl (C=O) groups is 2. The van der Waals surface area contributed by atoms with Crippen molar-refractivity contribution >= 4 is 24.0 Å². The summed E-state index contributed by atoms with van der Waals surface area (Å²) in [5.74, 6) is -1.39. The minimum Gasteiger partial charge on any atom is -0.478 e. The first-order valence-corrected chi connectivity index (χ1v) is 7.40. The van der Waals surface area contributed by atoms with Crippen LogP contribution in [0.4, 0.5) is 0 Å². The number of hydrogen-bond acceptors (Lipinski definition) is 4. The second-order valence-electron chi connectivity index (χ2n) is 5.06. The van der Waals surface area contributed by atoms with Crippen molar-refractivity contribution < 1.29 is 24.3 Å². The minimum absolute atomic E-state index is 0.384. The molecule has 6 nitrogen and oxygen atoms in total. The third-order valence-corrected chi connectivity index (χ3v) is 3.19. The number of benzene rings is 1. The number of hydroxylamine groups is 1. The van der Waals surface area contributed by atoms with Crippen molar-refractivity contribution in [1.29, 1.82) is 0 Å². The highest BCUT2D eigenvalue weighted by Gasteiger charge is 2.14. The maximum absolute atomic E-state index is 11.7. The first kappa shape index (κ1) is 16.9. The number of nitrogens with one attached hydrogen (secondary N) is 1. The summed E-state index contributed by atoms with van der Waals surface area (Å²) < 4.78 is 5.34. The zero-order valence-electron chi connectivity index (χ0n) is 12.6. The van der Waals surface area contributed by atoms with Crippen LogP contribution in [0.15, 0.2) is 36.4 Å². The molecule has 1 aromatic carbocycles. The van der Waals surface area contributed by atoms with Crippen LogP contribution in [-0.4, -0.2) is 29.9 Å². The number of aliphatic carboxylic acids is 1. The van der Waals surface area contributed by atoms with Crippen molar-refractivity contribution in [3.05, 3.63) is 47.5 Å². The fraction of sp³-hybridized carbons (Fsp3) is 0.294. The highest BCUT2D eigenvalue weighted by Crippen LogP contribution is 2.12. The van der Waals surface area contributed by atoms with Crippen molar-refractivity contribution in [3.63, 3.8) is 0 Å². The van der Waals surface area contributed by atoms with Gasteiger partial charge in [0.05, 0.1) is 0 Å². The van der Waals surface area contributed by atoms with Crippen LogP contribution in [-0.2, 0) is 19.2 Å². The van der Waals surface area contributed by atoms with Crippen LogP contribution in [0.2, 0.25) is 0 Å². The Kier molecular flexibility index (Phi) is 6.53. The van der Waals surface area contributed by atoms with Crippen LogP contribution in [0.1, 0.15) is 30.4 Å². The van der Waals surface area contributed by atoms with Crippen LogP contribution < -0.4 is 5.48 Å². The van der Waals surface area contributed by atoms with E-state index in [1.165, 1.54) is 12.2 Å². The molecule has 0 aromatic heterocycles. The molecule has 1 aromatic rings. The molecule has 1 amide bonds. The van der Waals surface area contributed by atoms with Gasteiger partial charge in [0.15, 0.2) is 6.29 Å². The Morgan fingerprint density at radius 1 is 1.22 bits per heavy atom. The van der Waals surface area contributed by atoms with Crippen LogP contribution in [0.5, 0.6) is 0 Å². The molecule has 1 fully saturated rings. The topological polar surface area (TPSA) is 84.9 Å². The van der Waals surface area contributed by atoms with Gasteiger partial charge >= 0.3 is 5.97 Å². The summed E-state index contributed by atoms with van der Waals surface area (Å²) in [5.41, 5.74) is 3.85. The summed E-state index contributed by atoms with van der Waals surface area (Å²) in [5, 5.41) is 8.61. The lowest BCUT2D eigenvalue weighted by Gasteiger charge is -2.21. The fourth-order valence-corrected chi connectivity index (χ4v) is 2.07. The summed E-state index contributed by atoms with van der Waals surface area (Å²) in [7, 11) is 0. The Bertz CT molecular complexity index is 603. The van der Waals surface area contributed by atoms with E-state index in [1.807, 2.05) is 6.07 Å². The largest absolute Gasteiger partial charge is 0.478 e. The maximum atomic E-state index is 11.7. The zero-order chi connectivity index (χ0) is 16.5. The molecule has 0 bridgehead atoms. The Morgan fingerprint density at radius 3 is 2.61 bits per heavy atom. The van der Waals surface area contributed by atoms with E-state index >= 15 is 0 Å². The number of carbonyl (C=O) groups excluding carboxylic acids is 1. The molecule has 1 aliphatic rings. The first-order valence-electron chi connectivity index (χ1n) is 7.40. The van der Waals surface area contributed by atoms with E-state index in [9.17, 15) is 9.59 Å². The standard InChI is InChI=1S/C17H19NO5/c19-15(18-23-17-6-1-2-11-22-17)9-7-13-4-3-5-14(12-13)8-10-16(20)21/h3-5,7-10,12,17H,1-2,6,11H2,(H,18,19)(H,20,21). The first-order chi connectivity index (χ1) is 11.1. The molecule has 6 heteroatoms. The molecular formula is C17H19NO5. The minimum atomic E-state index is -1.01. The Balaban J connectivity index is 1.85. The Hall–Kier alpha value is -2.44. The molecule has 1 unspecified atom stereocenters. The van der Waals surface area contributed by atoms with Crippen molar-refractivity contribution in [2.75, 3.05) is 6.61 Å². The predicted octanol–water partition coefficient (Wildman–Crippen LogP) is 2.37. The summed E-state index contributed by atoms with van der Waals surface area (Å²) >= 11 is 0. The molecule has 0 spiro atoms. The van der Waals surface area contributed by atoms with Crippen molar-refractivity contribution in [1.82, 2.24) is 5.48 Å². The molecule has 0 aliphatic carbocycles. The number of rotatable bonds is 6. The van der Waals surface area contributed by atoms with E-state index in [0.29, 0.717) is 6.61 Å². The van der Waals surface area contributed by atoms with Gasteiger partial charge in [-0.05, 0) is 42.2 Å². The average Bonchev–Trinajstić information content (AvgIpc) is 2.57. The Morgan fingerprint density at radius 2 is 1.96 bits per heavy atom. The number of ether oxygens (including phenoxy) is 1. The SMILES string of the molecule is O=C(O)C=Cc1cccc(C=CC(=O)NOC2CCCCO2)c1. The normalized spacial score (nSPS) is 18.3. The van der Waals surface area contributed by atoms with E-state index in [0.717, 1.165) is 36.5 Å². The van der Waals surface area contributed by atoms with E-state index in [-0.39, 0.29) is 12.2 Å². The molecule has 0 saturated carbocycles. The van der Waals surface area contributed by atoms with Crippen LogP contribution >= 0.6 is 0 Å². The number of hydrogen-bond donors (Lipinski definition) is 2. The van der Waals surface area contributed by atoms with Gasteiger partial charge in [-0.15, -0.1) is 0 Å². The van der Waals surface area contributed by atoms with Crippen molar-refractivity contribution in [2.24, 2.45) is 0 Å². The van der Waals surface area contributed by atoms with Crippen molar-refractivity contribution in [3.8, 4) is 0 Å². The molecule has 1 aliphatic heterocycles. The summed E-state index contributed by atoms with van der Waals surface area (Å²) in [6.07, 6.45) is 7.94. The number of amides is 1. The average molecular weight is 317 g/mol. The lowest BCUT2D eigenvalue weighted by molar-refractivity contribution is -0.198. The predicted molar refractivity (Wildman–Crippen MR) is 85.0 cm³/mol. The van der Waals surface area contributed by atoms with E-state index in [4.69, 9.17) is 14.7 Å². The van der Waals surface area contributed by atoms with Gasteiger partial charge < -0.3 is 9.84 Å². The summed E-state index contributed by atoms with van der Waals surface area (Å²) in [4.78, 5) is 27.4. The number of carboxylic acids is 1. The summed E-state index contributed by atoms with van der Waals surface area (Å²) in [6, 6.07) is 7.15. The van der Waals surface area contributed by atoms with Crippen molar-refractivity contribution in [2.45, 2.75) is 25.6 Å². The second kappa shape index (κ2) is 8.87. The molecule has 1 heterocycles. The lowest BCUT2D eigenvalue weighted by Crippen LogP contribution is -2.32. The molecule has 1 atom stereocenters. The highest BCUT2D eigenvalue weighted by molar-refractivity contribution is 5.91. The van der Waals surface area contributed by atoms with Crippen LogP contribution in [0.3, 0.4) is 0 Å². The van der Waals surface area contributed by atoms with Gasteiger partial charge in [-0.1, -0.05) is 18.2 Å². The van der Waals surface area contributed by atoms with Gasteiger partial charge in [-0.25, -0.2) is 15.1 Å². The highest BCUT2D eigenvalue weighted by atomic mass is 16.8. The quantitative estimate of drug-likeness (QED) is 0.621. The van der Waals surface area contributed by atoms with E-state index in [1.54, 1.807) is 24.3 Å². The van der Waals surface area contributed by atoms with E-state index in [2.05, 4.69) is 5.48 Å². The molecule has 0 radical (unpaired) electrons. The van der Waals surface area contributed by atoms with E-state index < -0.39 is 5.97 Å². The molecule has 2 N–H and O–H groups in total. The second-order valence-corrected chi connectivity index (χ2v) is 5.06. The molecular weight excluding hydrogens is 298 g/mol. The van der Waals surface area contributed by atoms with Gasteiger partial charge in [0.1, 0.15) is 0 Å². The van der Waals surface area contributed by atoms with Gasteiger partial charge in [-0.3, -0.25) is 4.79 Å². The van der Waals surface area contributed by atoms with Crippen LogP contribution in [0, 0.1) is 0 Å². The maximum Gasteiger partial charge on any atom is 0.328 e. The monoisotopic (exact) mass is 317 g/mol. The van der Waals surface area contributed by atoms with Crippen LogP contribution in [0.25, 0.3) is 12.2 Å². The third-order valence-electron chi connectivity index (χ3n) is 3.19. The zero-order valence-corrected chi connectivity index (χ0v) is 12.6. The molecule has 122 valence electrons. The van der Waals surface area contributed by atoms with Gasteiger partial charge in [0, 0.05) is 25.2 Å². The van der Waals surface area contributed by atoms with Gasteiger partial charge in [0.2, 0.25) is 0 Å². The lowest BCUT2D eigenvalue weighted by atomic mass is 10.1. The third kappa shape index (κ3) is 6.46. The smallest absolute Gasteiger partial charge is 0.328 e. The fourth-order valence-electron chi connectivity index (χ4n) is 2.07.